The van der Waals surface area contributed by atoms with E-state index < -0.39 is 0 Å². The Morgan fingerprint density at radius 2 is 1.86 bits per heavy atom. The maximum Gasteiger partial charge on any atom is 0.127 e. The molecule has 0 saturated carbocycles. The van der Waals surface area contributed by atoms with E-state index in [0.717, 1.165) is 6.61 Å². The normalized spacial score (nSPS) is 12.7. The standard InChI is InChI=1S/C11H22O3/c1-10(2)9-12-7-6-8-13-14-11(3,4)5/h6,8,10H,7,9H2,1-5H3. The van der Waals surface area contributed by atoms with Crippen LogP contribution in [0.25, 0.3) is 0 Å². The van der Waals surface area contributed by atoms with E-state index >= 15 is 0 Å². The van der Waals surface area contributed by atoms with E-state index in [-0.39, 0.29) is 5.60 Å². The zero-order chi connectivity index (χ0) is 11.0. The van der Waals surface area contributed by atoms with Crippen molar-refractivity contribution < 1.29 is 14.5 Å². The summed E-state index contributed by atoms with van der Waals surface area (Å²) in [5.74, 6) is 0.565. The Labute approximate surface area is 87.0 Å². The summed E-state index contributed by atoms with van der Waals surface area (Å²) in [6.07, 6.45) is 3.29. The summed E-state index contributed by atoms with van der Waals surface area (Å²) in [5, 5.41) is 0. The van der Waals surface area contributed by atoms with Crippen LogP contribution < -0.4 is 0 Å². The van der Waals surface area contributed by atoms with Crippen LogP contribution in [0, 0.1) is 5.92 Å². The molecule has 3 heteroatoms. The molecule has 84 valence electrons. The van der Waals surface area contributed by atoms with Crippen LogP contribution in [0.1, 0.15) is 34.6 Å². The zero-order valence-corrected chi connectivity index (χ0v) is 9.87. The third kappa shape index (κ3) is 11.5. The van der Waals surface area contributed by atoms with Gasteiger partial charge in [0, 0.05) is 6.61 Å². The van der Waals surface area contributed by atoms with Crippen LogP contribution in [0.5, 0.6) is 0 Å². The highest BCUT2D eigenvalue weighted by Crippen LogP contribution is 2.06. The Hall–Kier alpha value is -0.540. The van der Waals surface area contributed by atoms with Gasteiger partial charge in [-0.2, -0.15) is 4.89 Å². The second-order valence-electron chi connectivity index (χ2n) is 4.60. The van der Waals surface area contributed by atoms with Crippen molar-refractivity contribution in [3.63, 3.8) is 0 Å². The predicted molar refractivity (Wildman–Crippen MR) is 56.7 cm³/mol. The van der Waals surface area contributed by atoms with Gasteiger partial charge in [0.05, 0.1) is 6.61 Å². The second kappa shape index (κ2) is 6.85. The van der Waals surface area contributed by atoms with Gasteiger partial charge < -0.3 is 9.62 Å². The van der Waals surface area contributed by atoms with Gasteiger partial charge in [-0.05, 0) is 32.8 Å². The van der Waals surface area contributed by atoms with Crippen molar-refractivity contribution in [3.8, 4) is 0 Å². The van der Waals surface area contributed by atoms with Gasteiger partial charge in [0.1, 0.15) is 11.9 Å². The van der Waals surface area contributed by atoms with Gasteiger partial charge in [0.25, 0.3) is 0 Å². The van der Waals surface area contributed by atoms with E-state index in [1.54, 1.807) is 6.08 Å². The fourth-order valence-corrected chi connectivity index (χ4v) is 0.622. The van der Waals surface area contributed by atoms with Crippen molar-refractivity contribution in [2.45, 2.75) is 40.2 Å². The summed E-state index contributed by atoms with van der Waals surface area (Å²) >= 11 is 0. The average molecular weight is 202 g/mol. The lowest BCUT2D eigenvalue weighted by Crippen LogP contribution is -2.17. The third-order valence-electron chi connectivity index (χ3n) is 1.12. The molecule has 0 unspecified atom stereocenters. The molecule has 3 nitrogen and oxygen atoms in total. The highest BCUT2D eigenvalue weighted by molar-refractivity contribution is 4.71. The lowest BCUT2D eigenvalue weighted by molar-refractivity contribution is -0.310. The molecule has 0 amide bonds. The van der Waals surface area contributed by atoms with Crippen molar-refractivity contribution >= 4 is 0 Å². The van der Waals surface area contributed by atoms with Gasteiger partial charge in [-0.1, -0.05) is 13.8 Å². The minimum atomic E-state index is -0.275. The van der Waals surface area contributed by atoms with Crippen molar-refractivity contribution in [1.82, 2.24) is 0 Å². The van der Waals surface area contributed by atoms with Crippen molar-refractivity contribution in [3.05, 3.63) is 12.3 Å². The van der Waals surface area contributed by atoms with E-state index in [9.17, 15) is 0 Å². The van der Waals surface area contributed by atoms with Gasteiger partial charge in [-0.25, -0.2) is 0 Å². The summed E-state index contributed by atoms with van der Waals surface area (Å²) < 4.78 is 5.30. The van der Waals surface area contributed by atoms with Gasteiger partial charge >= 0.3 is 0 Å². The molecular weight excluding hydrogens is 180 g/mol. The maximum absolute atomic E-state index is 5.30. The van der Waals surface area contributed by atoms with Crippen LogP contribution in [0.4, 0.5) is 0 Å². The summed E-state index contributed by atoms with van der Waals surface area (Å²) in [5.41, 5.74) is -0.275. The molecular formula is C11H22O3. The molecule has 0 spiro atoms. The van der Waals surface area contributed by atoms with E-state index in [4.69, 9.17) is 14.5 Å². The molecule has 0 aromatic rings. The van der Waals surface area contributed by atoms with Crippen molar-refractivity contribution in [2.24, 2.45) is 5.92 Å². The van der Waals surface area contributed by atoms with Crippen LogP contribution in [-0.2, 0) is 14.5 Å². The fraction of sp³-hybridized carbons (Fsp3) is 0.818. The number of hydrogen-bond acceptors (Lipinski definition) is 3. The molecule has 0 rings (SSSR count). The molecule has 0 heterocycles. The Kier molecular flexibility index (Phi) is 6.58. The molecule has 0 bridgehead atoms. The highest BCUT2D eigenvalue weighted by Gasteiger charge is 2.10. The summed E-state index contributed by atoms with van der Waals surface area (Å²) in [6.45, 7) is 11.3. The van der Waals surface area contributed by atoms with Crippen molar-refractivity contribution in [2.75, 3.05) is 13.2 Å². The molecule has 0 aliphatic rings. The van der Waals surface area contributed by atoms with Crippen LogP contribution in [-0.4, -0.2) is 18.8 Å². The van der Waals surface area contributed by atoms with E-state index in [1.165, 1.54) is 6.26 Å². The molecule has 0 atom stereocenters. The highest BCUT2D eigenvalue weighted by atomic mass is 17.2. The molecule has 0 aromatic heterocycles. The van der Waals surface area contributed by atoms with Gasteiger partial charge in [-0.3, -0.25) is 0 Å². The first-order valence-electron chi connectivity index (χ1n) is 4.99. The average Bonchev–Trinajstić information content (AvgIpc) is 2.00. The third-order valence-corrected chi connectivity index (χ3v) is 1.12. The Morgan fingerprint density at radius 1 is 1.21 bits per heavy atom. The lowest BCUT2D eigenvalue weighted by atomic mass is 10.2. The Morgan fingerprint density at radius 3 is 2.36 bits per heavy atom. The molecule has 0 aliphatic heterocycles. The number of ether oxygens (including phenoxy) is 1. The summed E-state index contributed by atoms with van der Waals surface area (Å²) in [4.78, 5) is 9.86. The Balaban J connectivity index is 3.29. The predicted octanol–water partition coefficient (Wildman–Crippen LogP) is 2.92. The van der Waals surface area contributed by atoms with Crippen LogP contribution in [0.3, 0.4) is 0 Å². The minimum Gasteiger partial charge on any atom is -0.377 e. The largest absolute Gasteiger partial charge is 0.377 e. The lowest BCUT2D eigenvalue weighted by Gasteiger charge is -2.15. The monoisotopic (exact) mass is 202 g/mol. The first-order chi connectivity index (χ1) is 6.42. The van der Waals surface area contributed by atoms with E-state index in [0.29, 0.717) is 12.5 Å². The maximum atomic E-state index is 5.30. The second-order valence-corrected chi connectivity index (χ2v) is 4.60. The molecule has 14 heavy (non-hydrogen) atoms. The minimum absolute atomic E-state index is 0.275. The van der Waals surface area contributed by atoms with Crippen LogP contribution >= 0.6 is 0 Å². The van der Waals surface area contributed by atoms with Crippen molar-refractivity contribution in [1.29, 1.82) is 0 Å². The molecule has 0 aliphatic carbocycles. The number of rotatable bonds is 6. The summed E-state index contributed by atoms with van der Waals surface area (Å²) in [7, 11) is 0. The van der Waals surface area contributed by atoms with E-state index in [2.05, 4.69) is 13.8 Å². The van der Waals surface area contributed by atoms with Crippen LogP contribution in [0.2, 0.25) is 0 Å². The van der Waals surface area contributed by atoms with Crippen LogP contribution in [0.15, 0.2) is 12.3 Å². The van der Waals surface area contributed by atoms with Gasteiger partial charge in [0.2, 0.25) is 0 Å². The quantitative estimate of drug-likeness (QED) is 0.287. The SMILES string of the molecule is CC(C)COCC=COOC(C)(C)C. The number of hydrogen-bond donors (Lipinski definition) is 0. The smallest absolute Gasteiger partial charge is 0.127 e. The van der Waals surface area contributed by atoms with E-state index in [1.807, 2.05) is 20.8 Å². The Bertz CT molecular complexity index is 156. The molecule has 0 aromatic carbocycles. The summed E-state index contributed by atoms with van der Waals surface area (Å²) in [6, 6.07) is 0. The molecule has 0 fully saturated rings. The molecule has 0 saturated heterocycles. The van der Waals surface area contributed by atoms with Gasteiger partial charge in [0.15, 0.2) is 0 Å². The molecule has 0 radical (unpaired) electrons. The zero-order valence-electron chi connectivity index (χ0n) is 9.87. The first-order valence-corrected chi connectivity index (χ1v) is 4.99. The topological polar surface area (TPSA) is 27.7 Å². The first kappa shape index (κ1) is 13.5. The van der Waals surface area contributed by atoms with Gasteiger partial charge in [-0.15, -0.1) is 0 Å². The molecule has 0 N–H and O–H groups in total. The fourth-order valence-electron chi connectivity index (χ4n) is 0.622.